The lowest BCUT2D eigenvalue weighted by atomic mass is 10.0. The molecular weight excluding hydrogens is 170 g/mol. The van der Waals surface area contributed by atoms with Gasteiger partial charge in [-0.25, -0.2) is 0 Å². The molecule has 0 amide bonds. The van der Waals surface area contributed by atoms with E-state index in [-0.39, 0.29) is 5.92 Å². The quantitative estimate of drug-likeness (QED) is 0.688. The van der Waals surface area contributed by atoms with Crippen LogP contribution in [0.3, 0.4) is 0 Å². The molecule has 0 saturated carbocycles. The average molecular weight is 183 g/mol. The normalized spacial score (nSPS) is 28.2. The highest BCUT2D eigenvalue weighted by Crippen LogP contribution is 2.23. The molecule has 1 fully saturated rings. The van der Waals surface area contributed by atoms with Gasteiger partial charge in [0, 0.05) is 12.7 Å². The van der Waals surface area contributed by atoms with Gasteiger partial charge >= 0.3 is 0 Å². The number of ether oxygens (including phenoxy) is 1. The zero-order valence-corrected chi connectivity index (χ0v) is 7.55. The number of nitrogens with zero attached hydrogens (tertiary/aromatic N) is 3. The molecular formula is C8H13N3O2. The fraction of sp³-hybridized carbons (Fsp3) is 0.750. The molecule has 0 bridgehead atoms. The van der Waals surface area contributed by atoms with E-state index in [1.54, 1.807) is 4.68 Å². The number of hydrogen-bond acceptors (Lipinski definition) is 4. The van der Waals surface area contributed by atoms with E-state index in [1.807, 2.05) is 13.1 Å². The SMILES string of the molecule is CCn1cc(C2COCC2O)nn1. The van der Waals surface area contributed by atoms with E-state index >= 15 is 0 Å². The van der Waals surface area contributed by atoms with Gasteiger partial charge in [0.1, 0.15) is 0 Å². The summed E-state index contributed by atoms with van der Waals surface area (Å²) in [5.41, 5.74) is 0.826. The molecule has 0 spiro atoms. The standard InChI is InChI=1S/C8H13N3O2/c1-2-11-3-7(9-10-11)6-4-13-5-8(6)12/h3,6,8,12H,2,4-5H2,1H3. The van der Waals surface area contributed by atoms with Crippen LogP contribution in [0.1, 0.15) is 18.5 Å². The predicted octanol–water partition coefficient (Wildman–Crippen LogP) is -0.227. The van der Waals surface area contributed by atoms with Gasteiger partial charge in [-0.3, -0.25) is 4.68 Å². The number of rotatable bonds is 2. The second kappa shape index (κ2) is 3.43. The molecule has 2 rings (SSSR count). The maximum Gasteiger partial charge on any atom is 0.0907 e. The Morgan fingerprint density at radius 2 is 2.54 bits per heavy atom. The third-order valence-electron chi connectivity index (χ3n) is 2.31. The molecule has 1 N–H and O–H groups in total. The molecule has 0 aromatic carbocycles. The van der Waals surface area contributed by atoms with E-state index < -0.39 is 6.10 Å². The summed E-state index contributed by atoms with van der Waals surface area (Å²) in [6.07, 6.45) is 1.43. The Morgan fingerprint density at radius 3 is 3.08 bits per heavy atom. The highest BCUT2D eigenvalue weighted by atomic mass is 16.5. The molecule has 13 heavy (non-hydrogen) atoms. The van der Waals surface area contributed by atoms with Crippen molar-refractivity contribution in [3.63, 3.8) is 0 Å². The molecule has 1 aliphatic heterocycles. The molecule has 2 heterocycles. The highest BCUT2D eigenvalue weighted by molar-refractivity contribution is 5.06. The van der Waals surface area contributed by atoms with Crippen molar-refractivity contribution < 1.29 is 9.84 Å². The number of hydrogen-bond donors (Lipinski definition) is 1. The van der Waals surface area contributed by atoms with Crippen LogP contribution in [0.15, 0.2) is 6.20 Å². The average Bonchev–Trinajstić information content (AvgIpc) is 2.71. The Bertz CT molecular complexity index is 287. The van der Waals surface area contributed by atoms with Crippen LogP contribution < -0.4 is 0 Å². The van der Waals surface area contributed by atoms with Gasteiger partial charge in [-0.1, -0.05) is 5.21 Å². The van der Waals surface area contributed by atoms with Crippen LogP contribution in [0.4, 0.5) is 0 Å². The van der Waals surface area contributed by atoms with Gasteiger partial charge in [-0.15, -0.1) is 5.10 Å². The van der Waals surface area contributed by atoms with E-state index in [4.69, 9.17) is 4.74 Å². The third-order valence-corrected chi connectivity index (χ3v) is 2.31. The summed E-state index contributed by atoms with van der Waals surface area (Å²) in [6, 6.07) is 0. The van der Waals surface area contributed by atoms with Crippen molar-refractivity contribution in [3.05, 3.63) is 11.9 Å². The van der Waals surface area contributed by atoms with Gasteiger partial charge in [-0.2, -0.15) is 0 Å². The van der Waals surface area contributed by atoms with E-state index in [9.17, 15) is 5.11 Å². The van der Waals surface area contributed by atoms with Crippen LogP contribution in [0.2, 0.25) is 0 Å². The summed E-state index contributed by atoms with van der Waals surface area (Å²) < 4.78 is 6.89. The van der Waals surface area contributed by atoms with Crippen molar-refractivity contribution in [1.82, 2.24) is 15.0 Å². The van der Waals surface area contributed by atoms with Crippen LogP contribution in [0.25, 0.3) is 0 Å². The van der Waals surface area contributed by atoms with Gasteiger partial charge in [0.2, 0.25) is 0 Å². The second-order valence-electron chi connectivity index (χ2n) is 3.21. The minimum Gasteiger partial charge on any atom is -0.390 e. The fourth-order valence-electron chi connectivity index (χ4n) is 1.46. The minimum absolute atomic E-state index is 0.000278. The zero-order valence-electron chi connectivity index (χ0n) is 7.55. The number of aryl methyl sites for hydroxylation is 1. The molecule has 1 saturated heterocycles. The van der Waals surface area contributed by atoms with Gasteiger partial charge in [-0.05, 0) is 6.92 Å². The summed E-state index contributed by atoms with van der Waals surface area (Å²) in [4.78, 5) is 0. The molecule has 0 aliphatic carbocycles. The van der Waals surface area contributed by atoms with Gasteiger partial charge in [0.25, 0.3) is 0 Å². The second-order valence-corrected chi connectivity index (χ2v) is 3.21. The summed E-state index contributed by atoms with van der Waals surface area (Å²) in [7, 11) is 0. The lowest BCUT2D eigenvalue weighted by Crippen LogP contribution is -2.15. The number of aliphatic hydroxyl groups excluding tert-OH is 1. The summed E-state index contributed by atoms with van der Waals surface area (Å²) in [5, 5.41) is 17.4. The first kappa shape index (κ1) is 8.65. The molecule has 1 aliphatic rings. The van der Waals surface area contributed by atoms with Crippen LogP contribution in [0, 0.1) is 0 Å². The van der Waals surface area contributed by atoms with Crippen LogP contribution in [-0.2, 0) is 11.3 Å². The topological polar surface area (TPSA) is 60.2 Å². The highest BCUT2D eigenvalue weighted by Gasteiger charge is 2.29. The number of aliphatic hydroxyl groups is 1. The molecule has 2 unspecified atom stereocenters. The van der Waals surface area contributed by atoms with Crippen molar-refractivity contribution in [2.24, 2.45) is 0 Å². The van der Waals surface area contributed by atoms with Crippen molar-refractivity contribution in [2.75, 3.05) is 13.2 Å². The van der Waals surface area contributed by atoms with E-state index in [0.29, 0.717) is 13.2 Å². The Kier molecular flexibility index (Phi) is 2.28. The first-order valence-electron chi connectivity index (χ1n) is 4.47. The Balaban J connectivity index is 2.15. The van der Waals surface area contributed by atoms with Crippen LogP contribution in [-0.4, -0.2) is 39.4 Å². The fourth-order valence-corrected chi connectivity index (χ4v) is 1.46. The Labute approximate surface area is 76.3 Å². The van der Waals surface area contributed by atoms with Crippen LogP contribution >= 0.6 is 0 Å². The summed E-state index contributed by atoms with van der Waals surface area (Å²) >= 11 is 0. The third kappa shape index (κ3) is 1.57. The Morgan fingerprint density at radius 1 is 1.69 bits per heavy atom. The van der Waals surface area contributed by atoms with Gasteiger partial charge < -0.3 is 9.84 Å². The van der Waals surface area contributed by atoms with Crippen molar-refractivity contribution >= 4 is 0 Å². The van der Waals surface area contributed by atoms with E-state index in [0.717, 1.165) is 12.2 Å². The lowest BCUT2D eigenvalue weighted by molar-refractivity contribution is 0.124. The lowest BCUT2D eigenvalue weighted by Gasteiger charge is -2.06. The van der Waals surface area contributed by atoms with Crippen LogP contribution in [0.5, 0.6) is 0 Å². The van der Waals surface area contributed by atoms with Gasteiger partial charge in [0.15, 0.2) is 0 Å². The van der Waals surface area contributed by atoms with Crippen molar-refractivity contribution in [1.29, 1.82) is 0 Å². The monoisotopic (exact) mass is 183 g/mol. The summed E-state index contributed by atoms with van der Waals surface area (Å²) in [5.74, 6) is 0.000278. The van der Waals surface area contributed by atoms with Crippen molar-refractivity contribution in [2.45, 2.75) is 25.5 Å². The molecule has 1 aromatic heterocycles. The first-order valence-corrected chi connectivity index (χ1v) is 4.47. The maximum atomic E-state index is 9.52. The molecule has 5 nitrogen and oxygen atoms in total. The summed E-state index contributed by atoms with van der Waals surface area (Å²) in [6.45, 7) is 3.75. The molecule has 2 atom stereocenters. The largest absolute Gasteiger partial charge is 0.390 e. The molecule has 1 aromatic rings. The smallest absolute Gasteiger partial charge is 0.0907 e. The molecule has 72 valence electrons. The van der Waals surface area contributed by atoms with Crippen molar-refractivity contribution in [3.8, 4) is 0 Å². The molecule has 0 radical (unpaired) electrons. The Hall–Kier alpha value is -0.940. The van der Waals surface area contributed by atoms with E-state index in [1.165, 1.54) is 0 Å². The zero-order chi connectivity index (χ0) is 9.26. The molecule has 5 heteroatoms. The van der Waals surface area contributed by atoms with E-state index in [2.05, 4.69) is 10.3 Å². The first-order chi connectivity index (χ1) is 6.31. The van der Waals surface area contributed by atoms with Gasteiger partial charge in [0.05, 0.1) is 30.9 Å². The predicted molar refractivity (Wildman–Crippen MR) is 45.3 cm³/mol. The minimum atomic E-state index is -0.429. The number of aromatic nitrogens is 3. The maximum absolute atomic E-state index is 9.52.